The van der Waals surface area contributed by atoms with E-state index in [1.54, 1.807) is 36.4 Å². The number of cyclic esters (lactones) is 1. The maximum atomic E-state index is 13.6. The molecule has 1 aliphatic rings. The highest BCUT2D eigenvalue weighted by atomic mass is 19.1. The Balaban J connectivity index is 2.24. The molecule has 1 heterocycles. The summed E-state index contributed by atoms with van der Waals surface area (Å²) in [5.41, 5.74) is 0.420. The molecule has 2 aromatic rings. The first-order valence-corrected chi connectivity index (χ1v) is 5.72. The van der Waals surface area contributed by atoms with Crippen molar-refractivity contribution in [3.05, 3.63) is 71.3 Å². The normalized spacial score (nSPS) is 21.5. The average Bonchev–Trinajstić information content (AvgIpc) is 2.74. The van der Waals surface area contributed by atoms with E-state index in [-0.39, 0.29) is 0 Å². The summed E-state index contributed by atoms with van der Waals surface area (Å²) in [4.78, 5) is 11.8. The SMILES string of the molecule is O=C1O[C@](CF)(c2ccccc2)c2ccccc21. The van der Waals surface area contributed by atoms with Crippen LogP contribution in [0.2, 0.25) is 0 Å². The molecule has 3 rings (SSSR count). The van der Waals surface area contributed by atoms with Gasteiger partial charge in [0.25, 0.3) is 0 Å². The Bertz CT molecular complexity index is 594. The molecule has 18 heavy (non-hydrogen) atoms. The van der Waals surface area contributed by atoms with Crippen molar-refractivity contribution in [3.8, 4) is 0 Å². The first-order chi connectivity index (χ1) is 8.78. The molecule has 0 fully saturated rings. The van der Waals surface area contributed by atoms with Crippen molar-refractivity contribution in [1.29, 1.82) is 0 Å². The number of ether oxygens (including phenoxy) is 1. The summed E-state index contributed by atoms with van der Waals surface area (Å²) in [5, 5.41) is 0. The Hall–Kier alpha value is -2.16. The predicted molar refractivity (Wildman–Crippen MR) is 65.1 cm³/mol. The molecule has 0 aliphatic carbocycles. The molecule has 1 atom stereocenters. The third-order valence-electron chi connectivity index (χ3n) is 3.28. The van der Waals surface area contributed by atoms with Gasteiger partial charge in [-0.1, -0.05) is 48.5 Å². The monoisotopic (exact) mass is 242 g/mol. The molecule has 3 heteroatoms. The Morgan fingerprint density at radius 1 is 1.00 bits per heavy atom. The molecule has 0 aromatic heterocycles. The molecule has 0 radical (unpaired) electrons. The maximum absolute atomic E-state index is 13.6. The second kappa shape index (κ2) is 3.95. The lowest BCUT2D eigenvalue weighted by Crippen LogP contribution is -2.30. The zero-order chi connectivity index (χ0) is 12.6. The van der Waals surface area contributed by atoms with Gasteiger partial charge in [0.1, 0.15) is 6.67 Å². The van der Waals surface area contributed by atoms with Gasteiger partial charge in [0.05, 0.1) is 5.56 Å². The Morgan fingerprint density at radius 3 is 2.39 bits per heavy atom. The minimum atomic E-state index is -1.28. The number of hydrogen-bond donors (Lipinski definition) is 0. The molecule has 90 valence electrons. The lowest BCUT2D eigenvalue weighted by atomic mass is 9.87. The number of fused-ring (bicyclic) bond motifs is 1. The standard InChI is InChI=1S/C15H11FO2/c16-10-15(11-6-2-1-3-7-11)13-9-5-4-8-12(13)14(17)18-15/h1-9H,10H2/t15-/m1/s1. The molecule has 0 N–H and O–H groups in total. The van der Waals surface area contributed by atoms with Crippen LogP contribution in [0.1, 0.15) is 21.5 Å². The molecule has 1 aliphatic heterocycles. The van der Waals surface area contributed by atoms with Crippen molar-refractivity contribution in [2.75, 3.05) is 6.67 Å². The van der Waals surface area contributed by atoms with Crippen LogP contribution in [0.3, 0.4) is 0 Å². The number of hydrogen-bond acceptors (Lipinski definition) is 2. The summed E-state index contributed by atoms with van der Waals surface area (Å²) in [6, 6.07) is 15.9. The number of rotatable bonds is 2. The van der Waals surface area contributed by atoms with E-state index >= 15 is 0 Å². The predicted octanol–water partition coefficient (Wildman–Crippen LogP) is 3.07. The molecule has 2 aromatic carbocycles. The lowest BCUT2D eigenvalue weighted by molar-refractivity contribution is 0.000393. The van der Waals surface area contributed by atoms with E-state index in [0.29, 0.717) is 16.7 Å². The van der Waals surface area contributed by atoms with E-state index in [4.69, 9.17) is 4.74 Å². The molecule has 0 unspecified atom stereocenters. The summed E-state index contributed by atoms with van der Waals surface area (Å²) >= 11 is 0. The van der Waals surface area contributed by atoms with E-state index in [9.17, 15) is 9.18 Å². The van der Waals surface area contributed by atoms with Gasteiger partial charge in [0, 0.05) is 11.1 Å². The van der Waals surface area contributed by atoms with Crippen molar-refractivity contribution in [3.63, 3.8) is 0 Å². The van der Waals surface area contributed by atoms with E-state index in [1.807, 2.05) is 18.2 Å². The Morgan fingerprint density at radius 2 is 1.67 bits per heavy atom. The van der Waals surface area contributed by atoms with Crippen LogP contribution in [0.15, 0.2) is 54.6 Å². The van der Waals surface area contributed by atoms with Gasteiger partial charge in [-0.05, 0) is 6.07 Å². The molecule has 0 saturated heterocycles. The summed E-state index contributed by atoms with van der Waals surface area (Å²) < 4.78 is 19.0. The van der Waals surface area contributed by atoms with Crippen molar-refractivity contribution >= 4 is 5.97 Å². The summed E-state index contributed by atoms with van der Waals surface area (Å²) in [5.74, 6) is -0.466. The van der Waals surface area contributed by atoms with E-state index in [0.717, 1.165) is 0 Å². The average molecular weight is 242 g/mol. The van der Waals surface area contributed by atoms with Gasteiger partial charge < -0.3 is 4.74 Å². The molecule has 0 bridgehead atoms. The minimum absolute atomic E-state index is 0.444. The van der Waals surface area contributed by atoms with Crippen LogP contribution in [-0.2, 0) is 10.3 Å². The van der Waals surface area contributed by atoms with Crippen LogP contribution < -0.4 is 0 Å². The summed E-state index contributed by atoms with van der Waals surface area (Å²) in [7, 11) is 0. The number of benzene rings is 2. The summed E-state index contributed by atoms with van der Waals surface area (Å²) in [6.45, 7) is -0.764. The fourth-order valence-corrected chi connectivity index (χ4v) is 2.38. The highest BCUT2D eigenvalue weighted by molar-refractivity contribution is 5.95. The number of halogens is 1. The molecule has 2 nitrogen and oxygen atoms in total. The van der Waals surface area contributed by atoms with Gasteiger partial charge in [0.2, 0.25) is 0 Å². The smallest absolute Gasteiger partial charge is 0.339 e. The van der Waals surface area contributed by atoms with Gasteiger partial charge in [-0.2, -0.15) is 0 Å². The highest BCUT2D eigenvalue weighted by Gasteiger charge is 2.47. The van der Waals surface area contributed by atoms with Crippen molar-refractivity contribution in [1.82, 2.24) is 0 Å². The second-order valence-electron chi connectivity index (χ2n) is 4.26. The summed E-state index contributed by atoms with van der Waals surface area (Å²) in [6.07, 6.45) is 0. The maximum Gasteiger partial charge on any atom is 0.339 e. The quantitative estimate of drug-likeness (QED) is 0.756. The van der Waals surface area contributed by atoms with Gasteiger partial charge in [-0.25, -0.2) is 9.18 Å². The highest BCUT2D eigenvalue weighted by Crippen LogP contribution is 2.41. The zero-order valence-electron chi connectivity index (χ0n) is 9.60. The molecule has 0 saturated carbocycles. The van der Waals surface area contributed by atoms with Crippen LogP contribution in [0.25, 0.3) is 0 Å². The van der Waals surface area contributed by atoms with Crippen LogP contribution in [0.4, 0.5) is 4.39 Å². The topological polar surface area (TPSA) is 26.3 Å². The third kappa shape index (κ3) is 1.37. The first kappa shape index (κ1) is 11.0. The van der Waals surface area contributed by atoms with Crippen LogP contribution >= 0.6 is 0 Å². The lowest BCUT2D eigenvalue weighted by Gasteiger charge is -2.26. The van der Waals surface area contributed by atoms with E-state index < -0.39 is 18.2 Å². The number of carbonyl (C=O) groups is 1. The minimum Gasteiger partial charge on any atom is -0.443 e. The van der Waals surface area contributed by atoms with Gasteiger partial charge in [0.15, 0.2) is 5.60 Å². The fourth-order valence-electron chi connectivity index (χ4n) is 2.38. The second-order valence-corrected chi connectivity index (χ2v) is 4.26. The van der Waals surface area contributed by atoms with Gasteiger partial charge in [-0.3, -0.25) is 0 Å². The van der Waals surface area contributed by atoms with Crippen molar-refractivity contribution < 1.29 is 13.9 Å². The number of alkyl halides is 1. The third-order valence-corrected chi connectivity index (χ3v) is 3.28. The fraction of sp³-hybridized carbons (Fsp3) is 0.133. The van der Waals surface area contributed by atoms with Gasteiger partial charge >= 0.3 is 5.97 Å². The van der Waals surface area contributed by atoms with E-state index in [2.05, 4.69) is 0 Å². The number of carbonyl (C=O) groups excluding carboxylic acids is 1. The first-order valence-electron chi connectivity index (χ1n) is 5.72. The van der Waals surface area contributed by atoms with Crippen LogP contribution in [0.5, 0.6) is 0 Å². The van der Waals surface area contributed by atoms with Crippen molar-refractivity contribution in [2.45, 2.75) is 5.60 Å². The Labute approximate surface area is 104 Å². The molecule has 0 spiro atoms. The largest absolute Gasteiger partial charge is 0.443 e. The van der Waals surface area contributed by atoms with Gasteiger partial charge in [-0.15, -0.1) is 0 Å². The Kier molecular flexibility index (Phi) is 2.40. The molecular weight excluding hydrogens is 231 g/mol. The zero-order valence-corrected chi connectivity index (χ0v) is 9.60. The van der Waals surface area contributed by atoms with Crippen LogP contribution in [-0.4, -0.2) is 12.6 Å². The molecular formula is C15H11FO2. The molecule has 0 amide bonds. The van der Waals surface area contributed by atoms with Crippen LogP contribution in [0, 0.1) is 0 Å². The van der Waals surface area contributed by atoms with E-state index in [1.165, 1.54) is 0 Å². The number of esters is 1. The van der Waals surface area contributed by atoms with Crippen molar-refractivity contribution in [2.24, 2.45) is 0 Å².